The van der Waals surface area contributed by atoms with Gasteiger partial charge in [-0.25, -0.2) is 0 Å². The summed E-state index contributed by atoms with van der Waals surface area (Å²) in [4.78, 5) is 24.1. The molecule has 0 radical (unpaired) electrons. The maximum absolute atomic E-state index is 12.8. The summed E-state index contributed by atoms with van der Waals surface area (Å²) in [5.41, 5.74) is 3.31. The van der Waals surface area contributed by atoms with Crippen molar-refractivity contribution in [1.29, 1.82) is 0 Å². The fourth-order valence-corrected chi connectivity index (χ4v) is 2.74. The van der Waals surface area contributed by atoms with E-state index < -0.39 is 0 Å². The van der Waals surface area contributed by atoms with Crippen LogP contribution < -0.4 is 10.6 Å². The first-order chi connectivity index (χ1) is 11.5. The van der Waals surface area contributed by atoms with Crippen molar-refractivity contribution >= 4 is 23.2 Å². The summed E-state index contributed by atoms with van der Waals surface area (Å²) >= 11 is 0. The zero-order chi connectivity index (χ0) is 17.5. The molecule has 0 spiro atoms. The molecular weight excluding hydrogens is 300 g/mol. The Morgan fingerprint density at radius 2 is 1.58 bits per heavy atom. The Morgan fingerprint density at radius 1 is 0.958 bits per heavy atom. The van der Waals surface area contributed by atoms with Crippen LogP contribution >= 0.6 is 0 Å². The monoisotopic (exact) mass is 324 g/mol. The molecule has 126 valence electrons. The van der Waals surface area contributed by atoms with Crippen molar-refractivity contribution < 1.29 is 9.59 Å². The second-order valence-electron chi connectivity index (χ2n) is 5.90. The summed E-state index contributed by atoms with van der Waals surface area (Å²) < 4.78 is 0. The Kier molecular flexibility index (Phi) is 6.13. The lowest BCUT2D eigenvalue weighted by molar-refractivity contribution is -0.117. The fourth-order valence-electron chi connectivity index (χ4n) is 2.74. The van der Waals surface area contributed by atoms with Gasteiger partial charge in [-0.2, -0.15) is 0 Å². The van der Waals surface area contributed by atoms with Gasteiger partial charge in [0.2, 0.25) is 11.8 Å². The van der Waals surface area contributed by atoms with Crippen molar-refractivity contribution in [2.75, 3.05) is 10.6 Å². The van der Waals surface area contributed by atoms with Crippen molar-refractivity contribution in [3.8, 4) is 0 Å². The summed E-state index contributed by atoms with van der Waals surface area (Å²) in [6.45, 7) is 5.43. The molecule has 4 nitrogen and oxygen atoms in total. The molecule has 24 heavy (non-hydrogen) atoms. The quantitative estimate of drug-likeness (QED) is 0.823. The lowest BCUT2D eigenvalue weighted by Crippen LogP contribution is -2.22. The molecule has 1 unspecified atom stereocenters. The van der Waals surface area contributed by atoms with Crippen LogP contribution in [0.5, 0.6) is 0 Å². The minimum Gasteiger partial charge on any atom is -0.326 e. The fraction of sp³-hybridized carbons (Fsp3) is 0.300. The van der Waals surface area contributed by atoms with Crippen LogP contribution in [-0.2, 0) is 9.59 Å². The van der Waals surface area contributed by atoms with Crippen molar-refractivity contribution in [3.05, 3.63) is 59.7 Å². The molecule has 0 aliphatic rings. The maximum atomic E-state index is 12.8. The van der Waals surface area contributed by atoms with Crippen molar-refractivity contribution in [2.45, 2.75) is 39.5 Å². The van der Waals surface area contributed by atoms with Crippen LogP contribution in [0.4, 0.5) is 11.4 Å². The van der Waals surface area contributed by atoms with E-state index in [9.17, 15) is 9.59 Å². The molecule has 0 aliphatic heterocycles. The van der Waals surface area contributed by atoms with Gasteiger partial charge in [-0.05, 0) is 36.6 Å². The van der Waals surface area contributed by atoms with Crippen LogP contribution in [0.25, 0.3) is 0 Å². The van der Waals surface area contributed by atoms with Crippen LogP contribution in [0.2, 0.25) is 0 Å². The Morgan fingerprint density at radius 3 is 2.17 bits per heavy atom. The van der Waals surface area contributed by atoms with Crippen LogP contribution in [0, 0.1) is 6.92 Å². The molecule has 0 saturated carbocycles. The number of anilines is 2. The molecule has 0 aliphatic carbocycles. The van der Waals surface area contributed by atoms with Gasteiger partial charge in [-0.1, -0.05) is 49.7 Å². The third-order valence-electron chi connectivity index (χ3n) is 4.00. The number of amides is 2. The minimum absolute atomic E-state index is 0.0221. The van der Waals surface area contributed by atoms with Crippen LogP contribution in [0.15, 0.2) is 48.5 Å². The van der Waals surface area contributed by atoms with Crippen molar-refractivity contribution in [1.82, 2.24) is 0 Å². The first kappa shape index (κ1) is 17.7. The number of carbonyl (C=O) groups is 2. The summed E-state index contributed by atoms with van der Waals surface area (Å²) in [7, 11) is 0. The number of hydrogen-bond acceptors (Lipinski definition) is 2. The highest BCUT2D eigenvalue weighted by Gasteiger charge is 2.20. The lowest BCUT2D eigenvalue weighted by Gasteiger charge is -2.18. The number of nitrogens with one attached hydrogen (secondary N) is 2. The molecule has 0 bridgehead atoms. The standard InChI is InChI=1S/C20H24N2O2/c1-4-9-17(16-10-6-5-7-11-16)20(24)22-19-13-8-12-18(14(19)2)21-15(3)23/h5-8,10-13,17H,4,9H2,1-3H3,(H,21,23)(H,22,24). The van der Waals surface area contributed by atoms with E-state index in [4.69, 9.17) is 0 Å². The van der Waals surface area contributed by atoms with Gasteiger partial charge in [0.25, 0.3) is 0 Å². The topological polar surface area (TPSA) is 58.2 Å². The normalized spacial score (nSPS) is 11.6. The van der Waals surface area contributed by atoms with Gasteiger partial charge in [-0.15, -0.1) is 0 Å². The molecule has 2 N–H and O–H groups in total. The van der Waals surface area contributed by atoms with Gasteiger partial charge in [0.1, 0.15) is 0 Å². The van der Waals surface area contributed by atoms with E-state index in [0.29, 0.717) is 5.69 Å². The van der Waals surface area contributed by atoms with Gasteiger partial charge < -0.3 is 10.6 Å². The summed E-state index contributed by atoms with van der Waals surface area (Å²) in [6.07, 6.45) is 1.72. The maximum Gasteiger partial charge on any atom is 0.231 e. The first-order valence-electron chi connectivity index (χ1n) is 8.26. The van der Waals surface area contributed by atoms with E-state index in [1.807, 2.05) is 55.5 Å². The number of carbonyl (C=O) groups excluding carboxylic acids is 2. The second-order valence-corrected chi connectivity index (χ2v) is 5.90. The Hall–Kier alpha value is -2.62. The third kappa shape index (κ3) is 4.44. The molecule has 2 amide bonds. The largest absolute Gasteiger partial charge is 0.326 e. The molecule has 4 heteroatoms. The molecule has 2 aromatic carbocycles. The summed E-state index contributed by atoms with van der Waals surface area (Å²) in [5.74, 6) is -0.333. The van der Waals surface area contributed by atoms with Gasteiger partial charge >= 0.3 is 0 Å². The Balaban J connectivity index is 2.22. The molecule has 2 aromatic rings. The highest BCUT2D eigenvalue weighted by atomic mass is 16.2. The van der Waals surface area contributed by atoms with Gasteiger partial charge in [0, 0.05) is 18.3 Å². The average molecular weight is 324 g/mol. The SMILES string of the molecule is CCCC(C(=O)Nc1cccc(NC(C)=O)c1C)c1ccccc1. The van der Waals surface area contributed by atoms with Crippen LogP contribution in [0.3, 0.4) is 0 Å². The summed E-state index contributed by atoms with van der Waals surface area (Å²) in [6, 6.07) is 15.3. The second kappa shape index (κ2) is 8.29. The minimum atomic E-state index is -0.181. The molecule has 0 heterocycles. The number of benzene rings is 2. The Bertz CT molecular complexity index is 711. The van der Waals surface area contributed by atoms with Gasteiger partial charge in [-0.3, -0.25) is 9.59 Å². The third-order valence-corrected chi connectivity index (χ3v) is 4.00. The average Bonchev–Trinajstić information content (AvgIpc) is 2.56. The summed E-state index contributed by atoms with van der Waals surface area (Å²) in [5, 5.41) is 5.80. The number of rotatable bonds is 6. The molecule has 1 atom stereocenters. The molecular formula is C20H24N2O2. The predicted molar refractivity (Wildman–Crippen MR) is 98.2 cm³/mol. The van der Waals surface area contributed by atoms with Crippen molar-refractivity contribution in [2.24, 2.45) is 0 Å². The zero-order valence-electron chi connectivity index (χ0n) is 14.4. The van der Waals surface area contributed by atoms with Crippen LogP contribution in [-0.4, -0.2) is 11.8 Å². The van der Waals surface area contributed by atoms with Gasteiger partial charge in [0.15, 0.2) is 0 Å². The molecule has 0 fully saturated rings. The number of hydrogen-bond donors (Lipinski definition) is 2. The van der Waals surface area contributed by atoms with Gasteiger partial charge in [0.05, 0.1) is 5.92 Å². The van der Waals surface area contributed by atoms with E-state index >= 15 is 0 Å². The van der Waals surface area contributed by atoms with Crippen LogP contribution in [0.1, 0.15) is 43.7 Å². The van der Waals surface area contributed by atoms with E-state index in [0.717, 1.165) is 29.7 Å². The van der Waals surface area contributed by atoms with E-state index in [1.165, 1.54) is 6.92 Å². The highest BCUT2D eigenvalue weighted by molar-refractivity contribution is 5.98. The van der Waals surface area contributed by atoms with Crippen molar-refractivity contribution in [3.63, 3.8) is 0 Å². The van der Waals surface area contributed by atoms with E-state index in [1.54, 1.807) is 0 Å². The van der Waals surface area contributed by atoms with E-state index in [-0.39, 0.29) is 17.7 Å². The zero-order valence-corrected chi connectivity index (χ0v) is 14.4. The van der Waals surface area contributed by atoms with E-state index in [2.05, 4.69) is 17.6 Å². The lowest BCUT2D eigenvalue weighted by atomic mass is 9.93. The molecule has 0 saturated heterocycles. The first-order valence-corrected chi connectivity index (χ1v) is 8.26. The highest BCUT2D eigenvalue weighted by Crippen LogP contribution is 2.27. The molecule has 2 rings (SSSR count). The molecule has 0 aromatic heterocycles. The Labute approximate surface area is 143 Å². The predicted octanol–water partition coefficient (Wildman–Crippen LogP) is 4.48. The smallest absolute Gasteiger partial charge is 0.231 e.